The second kappa shape index (κ2) is 5.19. The van der Waals surface area contributed by atoms with Gasteiger partial charge in [0.15, 0.2) is 0 Å². The predicted octanol–water partition coefficient (Wildman–Crippen LogP) is 5.83. The second-order valence-corrected chi connectivity index (χ2v) is 5.73. The molecule has 0 bridgehead atoms. The van der Waals surface area contributed by atoms with Crippen molar-refractivity contribution in [1.82, 2.24) is 0 Å². The fourth-order valence-corrected chi connectivity index (χ4v) is 3.35. The summed E-state index contributed by atoms with van der Waals surface area (Å²) in [6.45, 7) is 5.84. The summed E-state index contributed by atoms with van der Waals surface area (Å²) in [5, 5.41) is 1.08. The molecule has 0 radical (unpaired) electrons. The summed E-state index contributed by atoms with van der Waals surface area (Å²) in [6.07, 6.45) is 0. The van der Waals surface area contributed by atoms with E-state index in [2.05, 4.69) is 0 Å². The Morgan fingerprint density at radius 1 is 0.952 bits per heavy atom. The highest BCUT2D eigenvalue weighted by Crippen LogP contribution is 2.39. The molecule has 0 aliphatic rings. The van der Waals surface area contributed by atoms with E-state index in [-0.39, 0.29) is 11.2 Å². The van der Waals surface area contributed by atoms with E-state index >= 15 is 0 Å². The highest BCUT2D eigenvalue weighted by molar-refractivity contribution is 6.23. The van der Waals surface area contributed by atoms with Crippen molar-refractivity contribution in [2.75, 3.05) is 0 Å². The Labute approximate surface area is 128 Å². The molecule has 0 N–H and O–H groups in total. The third kappa shape index (κ3) is 2.24. The zero-order valence-electron chi connectivity index (χ0n) is 12.2. The van der Waals surface area contributed by atoms with Gasteiger partial charge in [-0.2, -0.15) is 0 Å². The molecule has 2 aromatic carbocycles. The fraction of sp³-hybridized carbons (Fsp3) is 0.222. The molecule has 1 aromatic heterocycles. The van der Waals surface area contributed by atoms with Gasteiger partial charge in [-0.3, -0.25) is 0 Å². The highest BCUT2D eigenvalue weighted by atomic mass is 35.5. The van der Waals surface area contributed by atoms with Crippen molar-refractivity contribution in [1.29, 1.82) is 0 Å². The Kier molecular flexibility index (Phi) is 3.50. The zero-order chi connectivity index (χ0) is 15.1. The third-order valence-corrected chi connectivity index (χ3v) is 4.50. The second-order valence-electron chi connectivity index (χ2n) is 5.30. The Hall–Kier alpha value is -1.80. The maximum atomic E-state index is 13.9. The minimum absolute atomic E-state index is 0.227. The molecule has 21 heavy (non-hydrogen) atoms. The van der Waals surface area contributed by atoms with Gasteiger partial charge in [-0.25, -0.2) is 4.39 Å². The molecule has 0 aliphatic carbocycles. The summed E-state index contributed by atoms with van der Waals surface area (Å²) in [5.74, 6) is 1.47. The summed E-state index contributed by atoms with van der Waals surface area (Å²) in [4.78, 5) is 0. The number of halogens is 2. The van der Waals surface area contributed by atoms with E-state index in [1.165, 1.54) is 6.07 Å². The van der Waals surface area contributed by atoms with E-state index < -0.39 is 0 Å². The molecule has 108 valence electrons. The first kappa shape index (κ1) is 14.2. The number of rotatable bonds is 2. The molecule has 1 heterocycles. The van der Waals surface area contributed by atoms with Gasteiger partial charge in [0, 0.05) is 10.9 Å². The van der Waals surface area contributed by atoms with Gasteiger partial charge in [-0.15, -0.1) is 11.6 Å². The van der Waals surface area contributed by atoms with Crippen LogP contribution in [0.1, 0.15) is 33.6 Å². The van der Waals surface area contributed by atoms with Crippen LogP contribution < -0.4 is 0 Å². The monoisotopic (exact) mass is 302 g/mol. The molecular formula is C18H16ClFO. The number of fused-ring (bicyclic) bond motifs is 1. The first-order valence-electron chi connectivity index (χ1n) is 6.88. The first-order valence-corrected chi connectivity index (χ1v) is 7.32. The summed E-state index contributed by atoms with van der Waals surface area (Å²) in [5.41, 5.74) is 2.94. The smallest absolute Gasteiger partial charge is 0.131 e. The molecule has 0 amide bonds. The molecular weight excluding hydrogens is 287 g/mol. The third-order valence-electron chi connectivity index (χ3n) is 4.05. The normalized spacial score (nSPS) is 12.8. The zero-order valence-corrected chi connectivity index (χ0v) is 13.0. The van der Waals surface area contributed by atoms with Gasteiger partial charge in [0.05, 0.1) is 5.38 Å². The van der Waals surface area contributed by atoms with Crippen LogP contribution in [0.25, 0.3) is 10.8 Å². The van der Waals surface area contributed by atoms with Crippen molar-refractivity contribution >= 4 is 22.4 Å². The van der Waals surface area contributed by atoms with Gasteiger partial charge in [-0.05, 0) is 43.4 Å². The molecule has 1 unspecified atom stereocenters. The van der Waals surface area contributed by atoms with Crippen LogP contribution >= 0.6 is 11.6 Å². The van der Waals surface area contributed by atoms with Crippen molar-refractivity contribution in [2.24, 2.45) is 0 Å². The minimum atomic E-state index is -0.354. The van der Waals surface area contributed by atoms with Crippen LogP contribution in [-0.4, -0.2) is 0 Å². The van der Waals surface area contributed by atoms with Crippen LogP contribution in [0.2, 0.25) is 0 Å². The van der Waals surface area contributed by atoms with E-state index in [1.807, 2.05) is 39.0 Å². The lowest BCUT2D eigenvalue weighted by molar-refractivity contribution is 0.500. The summed E-state index contributed by atoms with van der Waals surface area (Å²) >= 11 is 6.70. The average molecular weight is 303 g/mol. The molecule has 3 heteroatoms. The van der Waals surface area contributed by atoms with E-state index in [1.54, 1.807) is 12.1 Å². The van der Waals surface area contributed by atoms with Gasteiger partial charge in [-0.1, -0.05) is 30.3 Å². The van der Waals surface area contributed by atoms with Crippen molar-refractivity contribution in [3.05, 3.63) is 70.4 Å². The Bertz CT molecular complexity index is 819. The van der Waals surface area contributed by atoms with Crippen LogP contribution in [0, 0.1) is 26.6 Å². The van der Waals surface area contributed by atoms with Crippen molar-refractivity contribution in [3.63, 3.8) is 0 Å². The summed E-state index contributed by atoms with van der Waals surface area (Å²) in [7, 11) is 0. The highest BCUT2D eigenvalue weighted by Gasteiger charge is 2.22. The average Bonchev–Trinajstić information content (AvgIpc) is 2.72. The molecule has 1 atom stereocenters. The Morgan fingerprint density at radius 3 is 2.24 bits per heavy atom. The number of furan rings is 1. The van der Waals surface area contributed by atoms with E-state index in [0.29, 0.717) is 5.39 Å². The fourth-order valence-electron chi connectivity index (χ4n) is 2.85. The lowest BCUT2D eigenvalue weighted by Gasteiger charge is -2.14. The van der Waals surface area contributed by atoms with Gasteiger partial charge in [0.2, 0.25) is 0 Å². The lowest BCUT2D eigenvalue weighted by Crippen LogP contribution is -1.98. The number of hydrogen-bond acceptors (Lipinski definition) is 1. The molecule has 0 saturated heterocycles. The minimum Gasteiger partial charge on any atom is -0.466 e. The Morgan fingerprint density at radius 2 is 1.62 bits per heavy atom. The number of alkyl halides is 1. The SMILES string of the molecule is Cc1oc(C)c(C(Cl)c2ccc(F)c3ccccc23)c1C. The van der Waals surface area contributed by atoms with Gasteiger partial charge in [0.25, 0.3) is 0 Å². The van der Waals surface area contributed by atoms with Gasteiger partial charge >= 0.3 is 0 Å². The number of hydrogen-bond donors (Lipinski definition) is 0. The molecule has 3 aromatic rings. The van der Waals surface area contributed by atoms with E-state index in [9.17, 15) is 4.39 Å². The largest absolute Gasteiger partial charge is 0.466 e. The topological polar surface area (TPSA) is 13.1 Å². The van der Waals surface area contributed by atoms with Crippen LogP contribution in [0.4, 0.5) is 4.39 Å². The van der Waals surface area contributed by atoms with Gasteiger partial charge in [0.1, 0.15) is 17.3 Å². The number of benzene rings is 2. The maximum absolute atomic E-state index is 13.9. The molecule has 0 spiro atoms. The van der Waals surface area contributed by atoms with Crippen molar-refractivity contribution in [2.45, 2.75) is 26.1 Å². The number of aryl methyl sites for hydroxylation is 2. The lowest BCUT2D eigenvalue weighted by atomic mass is 9.95. The van der Waals surface area contributed by atoms with Crippen LogP contribution in [-0.2, 0) is 0 Å². The van der Waals surface area contributed by atoms with Crippen molar-refractivity contribution < 1.29 is 8.81 Å². The first-order chi connectivity index (χ1) is 10.0. The standard InChI is InChI=1S/C18H16ClFO/c1-10-11(2)21-12(3)17(10)18(19)15-8-9-16(20)14-7-5-4-6-13(14)15/h4-9,18H,1-3H3. The van der Waals surface area contributed by atoms with Crippen LogP contribution in [0.3, 0.4) is 0 Å². The van der Waals surface area contributed by atoms with Crippen molar-refractivity contribution in [3.8, 4) is 0 Å². The van der Waals surface area contributed by atoms with Crippen LogP contribution in [0.15, 0.2) is 40.8 Å². The predicted molar refractivity (Wildman–Crippen MR) is 84.5 cm³/mol. The van der Waals surface area contributed by atoms with Crippen LogP contribution in [0.5, 0.6) is 0 Å². The maximum Gasteiger partial charge on any atom is 0.131 e. The molecule has 0 fully saturated rings. The quantitative estimate of drug-likeness (QED) is 0.543. The molecule has 3 rings (SSSR count). The van der Waals surface area contributed by atoms with E-state index in [0.717, 1.165) is 33.6 Å². The van der Waals surface area contributed by atoms with E-state index in [4.69, 9.17) is 16.0 Å². The molecule has 1 nitrogen and oxygen atoms in total. The summed E-state index contributed by atoms with van der Waals surface area (Å²) in [6, 6.07) is 10.6. The molecule has 0 aliphatic heterocycles. The summed E-state index contributed by atoms with van der Waals surface area (Å²) < 4.78 is 19.6. The van der Waals surface area contributed by atoms with Gasteiger partial charge < -0.3 is 4.42 Å². The Balaban J connectivity index is 2.23. The molecule has 0 saturated carbocycles.